The number of benzene rings is 1. The molecule has 0 unspecified atom stereocenters. The van der Waals surface area contributed by atoms with Gasteiger partial charge >= 0.3 is 6.09 Å². The van der Waals surface area contributed by atoms with E-state index < -0.39 is 6.09 Å². The van der Waals surface area contributed by atoms with Gasteiger partial charge in [0.2, 0.25) is 0 Å². The van der Waals surface area contributed by atoms with Crippen molar-refractivity contribution in [3.8, 4) is 28.2 Å². The molecule has 0 saturated carbocycles. The number of aromatic amines is 1. The molecule has 0 saturated heterocycles. The van der Waals surface area contributed by atoms with Gasteiger partial charge in [0.15, 0.2) is 0 Å². The number of hydrogen-bond acceptors (Lipinski definition) is 8. The summed E-state index contributed by atoms with van der Waals surface area (Å²) in [7, 11) is 1.32. The van der Waals surface area contributed by atoms with Gasteiger partial charge in [-0.05, 0) is 66.1 Å². The topological polar surface area (TPSA) is 146 Å². The minimum atomic E-state index is -0.528. The van der Waals surface area contributed by atoms with Crippen molar-refractivity contribution in [2.45, 2.75) is 25.8 Å². The fraction of sp³-hybridized carbons (Fsp3) is 0.192. The summed E-state index contributed by atoms with van der Waals surface area (Å²) < 4.78 is 7.95. The standard InChI is InChI=1S/C26H23N9O3/c1-15-3-9-21(34-14-28-32-33-34)24(29-15)17-11-19-8-10-22(35(19)23(36)12-17)25-27-13-20(31-25)16-4-6-18(7-5-16)30-26(37)38-2/h3-7,9,11-14,22H,8,10H2,1-2H3,(H,27,31)(H,30,37)/t22-/m0/s1. The fourth-order valence-corrected chi connectivity index (χ4v) is 4.76. The first-order chi connectivity index (χ1) is 18.5. The molecule has 1 aromatic carbocycles. The fourth-order valence-electron chi connectivity index (χ4n) is 4.76. The second-order valence-electron chi connectivity index (χ2n) is 8.95. The number of rotatable bonds is 5. The third kappa shape index (κ3) is 4.21. The number of aryl methyl sites for hydroxylation is 2. The smallest absolute Gasteiger partial charge is 0.411 e. The van der Waals surface area contributed by atoms with Crippen molar-refractivity contribution in [2.75, 3.05) is 12.4 Å². The first kappa shape index (κ1) is 23.3. The maximum absolute atomic E-state index is 13.4. The van der Waals surface area contributed by atoms with Crippen molar-refractivity contribution >= 4 is 11.8 Å². The molecule has 5 aromatic rings. The molecule has 5 heterocycles. The van der Waals surface area contributed by atoms with Gasteiger partial charge in [0, 0.05) is 28.7 Å². The molecule has 1 aliphatic rings. The van der Waals surface area contributed by atoms with E-state index in [2.05, 4.69) is 35.5 Å². The average molecular weight is 510 g/mol. The number of ether oxygens (including phenoxy) is 1. The number of nitrogens with one attached hydrogen (secondary N) is 2. The Labute approximate surface area is 216 Å². The predicted molar refractivity (Wildman–Crippen MR) is 138 cm³/mol. The van der Waals surface area contributed by atoms with Crippen LogP contribution in [0, 0.1) is 6.92 Å². The molecule has 6 rings (SSSR count). The number of anilines is 1. The highest BCUT2D eigenvalue weighted by Crippen LogP contribution is 2.33. The van der Waals surface area contributed by atoms with Gasteiger partial charge in [-0.15, -0.1) is 5.10 Å². The zero-order chi connectivity index (χ0) is 26.2. The molecule has 4 aromatic heterocycles. The summed E-state index contributed by atoms with van der Waals surface area (Å²) in [4.78, 5) is 37.5. The number of amides is 1. The van der Waals surface area contributed by atoms with Crippen molar-refractivity contribution in [1.29, 1.82) is 0 Å². The summed E-state index contributed by atoms with van der Waals surface area (Å²) in [5.41, 5.74) is 6.03. The number of imidazole rings is 1. The monoisotopic (exact) mass is 509 g/mol. The van der Waals surface area contributed by atoms with Crippen molar-refractivity contribution in [3.05, 3.63) is 88.6 Å². The molecular weight excluding hydrogens is 486 g/mol. The van der Waals surface area contributed by atoms with E-state index in [0.29, 0.717) is 22.9 Å². The SMILES string of the molecule is COC(=O)Nc1ccc(-c2cnc([C@@H]3CCc4cc(-c5nc(C)ccc5-n5cnnn5)cc(=O)n43)[nH]2)cc1. The van der Waals surface area contributed by atoms with Gasteiger partial charge in [0.05, 0.1) is 36.4 Å². The van der Waals surface area contributed by atoms with Crippen LogP contribution in [0.25, 0.3) is 28.2 Å². The maximum atomic E-state index is 13.4. The van der Waals surface area contributed by atoms with Gasteiger partial charge in [0.1, 0.15) is 12.2 Å². The van der Waals surface area contributed by atoms with E-state index in [4.69, 9.17) is 4.98 Å². The molecule has 2 N–H and O–H groups in total. The van der Waals surface area contributed by atoms with Crippen LogP contribution in [-0.4, -0.2) is 52.9 Å². The molecule has 1 atom stereocenters. The highest BCUT2D eigenvalue weighted by molar-refractivity contribution is 5.84. The number of hydrogen-bond donors (Lipinski definition) is 2. The van der Waals surface area contributed by atoms with Crippen molar-refractivity contribution in [2.24, 2.45) is 0 Å². The first-order valence-electron chi connectivity index (χ1n) is 12.0. The van der Waals surface area contributed by atoms with Gasteiger partial charge < -0.3 is 14.3 Å². The van der Waals surface area contributed by atoms with Crippen molar-refractivity contribution in [1.82, 2.24) is 39.7 Å². The van der Waals surface area contributed by atoms with Gasteiger partial charge in [-0.25, -0.2) is 9.78 Å². The van der Waals surface area contributed by atoms with Crippen LogP contribution >= 0.6 is 0 Å². The van der Waals surface area contributed by atoms with E-state index in [1.54, 1.807) is 29.0 Å². The maximum Gasteiger partial charge on any atom is 0.411 e. The van der Waals surface area contributed by atoms with Crippen LogP contribution < -0.4 is 10.9 Å². The Hall–Kier alpha value is -5.13. The summed E-state index contributed by atoms with van der Waals surface area (Å²) >= 11 is 0. The summed E-state index contributed by atoms with van der Waals surface area (Å²) in [5, 5.41) is 14.1. The summed E-state index contributed by atoms with van der Waals surface area (Å²) in [6.07, 6.45) is 4.20. The Bertz CT molecular complexity index is 1690. The molecule has 1 amide bonds. The highest BCUT2D eigenvalue weighted by Gasteiger charge is 2.28. The zero-order valence-corrected chi connectivity index (χ0v) is 20.6. The van der Waals surface area contributed by atoms with Gasteiger partial charge in [0.25, 0.3) is 5.56 Å². The molecular formula is C26H23N9O3. The molecule has 190 valence electrons. The van der Waals surface area contributed by atoms with E-state index in [0.717, 1.165) is 41.1 Å². The Morgan fingerprint density at radius 1 is 1.13 bits per heavy atom. The average Bonchev–Trinajstić information content (AvgIpc) is 3.70. The van der Waals surface area contributed by atoms with Gasteiger partial charge in [-0.2, -0.15) is 4.68 Å². The molecule has 0 bridgehead atoms. The molecule has 0 spiro atoms. The van der Waals surface area contributed by atoms with Crippen molar-refractivity contribution < 1.29 is 9.53 Å². The lowest BCUT2D eigenvalue weighted by Crippen LogP contribution is -2.24. The Balaban J connectivity index is 1.30. The highest BCUT2D eigenvalue weighted by atomic mass is 16.5. The summed E-state index contributed by atoms with van der Waals surface area (Å²) in [5.74, 6) is 0.716. The lowest BCUT2D eigenvalue weighted by atomic mass is 10.1. The van der Waals surface area contributed by atoms with E-state index in [1.165, 1.54) is 18.1 Å². The van der Waals surface area contributed by atoms with Crippen LogP contribution in [0.5, 0.6) is 0 Å². The van der Waals surface area contributed by atoms with Crippen molar-refractivity contribution in [3.63, 3.8) is 0 Å². The lowest BCUT2D eigenvalue weighted by molar-refractivity contribution is 0.187. The van der Waals surface area contributed by atoms with Crippen LogP contribution in [0.3, 0.4) is 0 Å². The molecule has 0 radical (unpaired) electrons. The van der Waals surface area contributed by atoms with E-state index in [1.807, 2.05) is 37.3 Å². The predicted octanol–water partition coefficient (Wildman–Crippen LogP) is 3.30. The van der Waals surface area contributed by atoms with Crippen LogP contribution in [0.1, 0.15) is 29.7 Å². The lowest BCUT2D eigenvalue weighted by Gasteiger charge is -2.14. The number of nitrogens with zero attached hydrogens (tertiary/aromatic N) is 7. The van der Waals surface area contributed by atoms with Gasteiger partial charge in [-0.3, -0.25) is 15.1 Å². The van der Waals surface area contributed by atoms with Crippen LogP contribution in [0.15, 0.2) is 65.8 Å². The Morgan fingerprint density at radius 3 is 2.74 bits per heavy atom. The second kappa shape index (κ2) is 9.39. The van der Waals surface area contributed by atoms with E-state index in [-0.39, 0.29) is 11.6 Å². The number of pyridine rings is 2. The number of tetrazole rings is 1. The van der Waals surface area contributed by atoms with E-state index in [9.17, 15) is 9.59 Å². The zero-order valence-electron chi connectivity index (χ0n) is 20.6. The normalized spacial score (nSPS) is 14.3. The Morgan fingerprint density at radius 2 is 1.97 bits per heavy atom. The molecule has 12 heteroatoms. The third-order valence-electron chi connectivity index (χ3n) is 6.55. The van der Waals surface area contributed by atoms with Gasteiger partial charge in [-0.1, -0.05) is 12.1 Å². The van der Waals surface area contributed by atoms with Crippen LogP contribution in [0.2, 0.25) is 0 Å². The van der Waals surface area contributed by atoms with E-state index >= 15 is 0 Å². The number of carbonyl (C=O) groups is 1. The Kier molecular flexibility index (Phi) is 5.75. The molecule has 0 fully saturated rings. The largest absolute Gasteiger partial charge is 0.453 e. The first-order valence-corrected chi connectivity index (χ1v) is 12.0. The number of H-pyrrole nitrogens is 1. The minimum Gasteiger partial charge on any atom is -0.453 e. The molecule has 12 nitrogen and oxygen atoms in total. The van der Waals surface area contributed by atoms with Crippen LogP contribution in [-0.2, 0) is 11.2 Å². The minimum absolute atomic E-state index is 0.123. The molecule has 0 aliphatic carbocycles. The summed E-state index contributed by atoms with van der Waals surface area (Å²) in [6, 6.07) is 14.5. The third-order valence-corrected chi connectivity index (χ3v) is 6.55. The summed E-state index contributed by atoms with van der Waals surface area (Å²) in [6.45, 7) is 1.90. The number of aromatic nitrogens is 8. The molecule has 1 aliphatic heterocycles. The number of fused-ring (bicyclic) bond motifs is 1. The number of carbonyl (C=O) groups excluding carboxylic acids is 1. The molecule has 38 heavy (non-hydrogen) atoms. The number of methoxy groups -OCH3 is 1. The quantitative estimate of drug-likeness (QED) is 0.367. The van der Waals surface area contributed by atoms with Crippen LogP contribution in [0.4, 0.5) is 10.5 Å². The second-order valence-corrected chi connectivity index (χ2v) is 8.95.